The van der Waals surface area contributed by atoms with Crippen molar-refractivity contribution in [3.8, 4) is 0 Å². The Kier molecular flexibility index (Phi) is 6.42. The molecule has 3 aromatic rings. The first-order valence-corrected chi connectivity index (χ1v) is 9.37. The summed E-state index contributed by atoms with van der Waals surface area (Å²) < 4.78 is 25.8. The van der Waals surface area contributed by atoms with Crippen LogP contribution in [0.2, 0.25) is 0 Å². The van der Waals surface area contributed by atoms with Crippen LogP contribution in [0, 0.1) is 5.82 Å². The zero-order chi connectivity index (χ0) is 20.1. The van der Waals surface area contributed by atoms with Crippen molar-refractivity contribution in [2.75, 3.05) is 12.4 Å². The maximum atomic E-state index is 13.7. The molecule has 0 saturated carbocycles. The van der Waals surface area contributed by atoms with Crippen LogP contribution in [0.25, 0.3) is 0 Å². The number of methoxy groups -OCH3 is 1. The number of hydrogen-bond acceptors (Lipinski definition) is 7. The maximum Gasteiger partial charge on any atom is 0.227 e. The van der Waals surface area contributed by atoms with Crippen LogP contribution in [0.15, 0.2) is 45.2 Å². The van der Waals surface area contributed by atoms with Gasteiger partial charge in [-0.2, -0.15) is 4.98 Å². The predicted octanol–water partition coefficient (Wildman–Crippen LogP) is 3.37. The molecule has 0 aliphatic heterocycles. The van der Waals surface area contributed by atoms with Gasteiger partial charge in [0.2, 0.25) is 11.8 Å². The number of amides is 1. The number of aromatic nitrogens is 4. The molecule has 1 amide bonds. The molecule has 8 nitrogen and oxygen atoms in total. The smallest absolute Gasteiger partial charge is 0.227 e. The molecule has 148 valence electrons. The van der Waals surface area contributed by atoms with Gasteiger partial charge in [0.15, 0.2) is 11.0 Å². The van der Waals surface area contributed by atoms with Crippen LogP contribution in [0.5, 0.6) is 0 Å². The number of hydrogen-bond donors (Lipinski definition) is 1. The van der Waals surface area contributed by atoms with Gasteiger partial charge in [-0.05, 0) is 36.9 Å². The third-order valence-electron chi connectivity index (χ3n) is 3.96. The molecule has 3 rings (SSSR count). The Morgan fingerprint density at radius 1 is 1.46 bits per heavy atom. The van der Waals surface area contributed by atoms with E-state index in [1.807, 2.05) is 17.8 Å². The van der Waals surface area contributed by atoms with Gasteiger partial charge in [0.1, 0.15) is 11.9 Å². The number of nitrogens with zero attached hydrogens (tertiary/aromatic N) is 4. The highest BCUT2D eigenvalue weighted by Crippen LogP contribution is 2.33. The van der Waals surface area contributed by atoms with Crippen LogP contribution >= 0.6 is 11.8 Å². The number of rotatable bonds is 8. The lowest BCUT2D eigenvalue weighted by molar-refractivity contribution is -0.116. The monoisotopic (exact) mass is 405 g/mol. The Labute approximate surface area is 165 Å². The van der Waals surface area contributed by atoms with Crippen molar-refractivity contribution < 1.29 is 18.4 Å². The van der Waals surface area contributed by atoms with Gasteiger partial charge in [0.25, 0.3) is 0 Å². The van der Waals surface area contributed by atoms with Gasteiger partial charge in [-0.3, -0.25) is 4.79 Å². The summed E-state index contributed by atoms with van der Waals surface area (Å²) in [6.07, 6.45) is 3.59. The standard InChI is InChI=1S/C18H20FN5O3S/c1-11(26-3)17-22-16(27-23-17)7-6-15(25)21-13-10-12(19)4-5-14(13)28-18-20-8-9-24(18)2/h4-5,8-11H,6-7H2,1-3H3,(H,21,25). The minimum atomic E-state index is -0.436. The van der Waals surface area contributed by atoms with Gasteiger partial charge >= 0.3 is 0 Å². The third-order valence-corrected chi connectivity index (χ3v) is 5.11. The van der Waals surface area contributed by atoms with Crippen molar-refractivity contribution in [3.05, 3.63) is 48.1 Å². The summed E-state index contributed by atoms with van der Waals surface area (Å²) in [7, 11) is 3.41. The Morgan fingerprint density at radius 3 is 3.00 bits per heavy atom. The lowest BCUT2D eigenvalue weighted by Crippen LogP contribution is -2.13. The fourth-order valence-electron chi connectivity index (χ4n) is 2.31. The van der Waals surface area contributed by atoms with Crippen LogP contribution in [0.1, 0.15) is 31.2 Å². The van der Waals surface area contributed by atoms with E-state index >= 15 is 0 Å². The third kappa shape index (κ3) is 4.96. The SMILES string of the molecule is COC(C)c1noc(CCC(=O)Nc2cc(F)ccc2Sc2nccn2C)n1. The molecule has 0 spiro atoms. The van der Waals surface area contributed by atoms with E-state index in [4.69, 9.17) is 9.26 Å². The quantitative estimate of drug-likeness (QED) is 0.614. The number of carbonyl (C=O) groups excluding carboxylic acids is 1. The highest BCUT2D eigenvalue weighted by atomic mass is 32.2. The van der Waals surface area contributed by atoms with Crippen LogP contribution < -0.4 is 5.32 Å². The largest absolute Gasteiger partial charge is 0.374 e. The van der Waals surface area contributed by atoms with E-state index in [-0.39, 0.29) is 24.9 Å². The average molecular weight is 405 g/mol. The van der Waals surface area contributed by atoms with Gasteiger partial charge < -0.3 is 19.1 Å². The minimum absolute atomic E-state index is 0.117. The van der Waals surface area contributed by atoms with Gasteiger partial charge in [0.05, 0.1) is 5.69 Å². The van der Waals surface area contributed by atoms with Crippen molar-refractivity contribution in [2.45, 2.75) is 35.9 Å². The van der Waals surface area contributed by atoms with Crippen molar-refractivity contribution in [3.63, 3.8) is 0 Å². The molecule has 0 fully saturated rings. The predicted molar refractivity (Wildman–Crippen MR) is 100 cm³/mol. The lowest BCUT2D eigenvalue weighted by atomic mass is 10.2. The van der Waals surface area contributed by atoms with Gasteiger partial charge in [-0.1, -0.05) is 5.16 Å². The molecule has 1 atom stereocenters. The summed E-state index contributed by atoms with van der Waals surface area (Å²) in [5.74, 6) is 0.0501. The zero-order valence-corrected chi connectivity index (χ0v) is 16.5. The molecule has 2 aromatic heterocycles. The van der Waals surface area contributed by atoms with Crippen molar-refractivity contribution >= 4 is 23.4 Å². The number of anilines is 1. The molecule has 1 unspecified atom stereocenters. The molecular weight excluding hydrogens is 385 g/mol. The molecule has 0 bridgehead atoms. The number of benzene rings is 1. The van der Waals surface area contributed by atoms with Gasteiger partial charge in [0, 0.05) is 44.3 Å². The maximum absolute atomic E-state index is 13.7. The zero-order valence-electron chi connectivity index (χ0n) is 15.7. The number of ether oxygens (including phenoxy) is 1. The second kappa shape index (κ2) is 8.98. The molecule has 0 saturated heterocycles. The normalized spacial score (nSPS) is 12.1. The first-order valence-electron chi connectivity index (χ1n) is 8.56. The molecule has 1 aromatic carbocycles. The number of halogens is 1. The summed E-state index contributed by atoms with van der Waals surface area (Å²) in [6, 6.07) is 4.24. The van der Waals surface area contributed by atoms with E-state index in [1.165, 1.54) is 23.9 Å². The lowest BCUT2D eigenvalue weighted by Gasteiger charge is -2.10. The van der Waals surface area contributed by atoms with Gasteiger partial charge in [-0.15, -0.1) is 0 Å². The van der Waals surface area contributed by atoms with Crippen molar-refractivity contribution in [1.29, 1.82) is 0 Å². The fraction of sp³-hybridized carbons (Fsp3) is 0.333. The van der Waals surface area contributed by atoms with Crippen LogP contribution in [0.3, 0.4) is 0 Å². The summed E-state index contributed by atoms with van der Waals surface area (Å²) in [5.41, 5.74) is 0.386. The van der Waals surface area contributed by atoms with Crippen LogP contribution in [0.4, 0.5) is 10.1 Å². The Balaban J connectivity index is 1.64. The molecule has 28 heavy (non-hydrogen) atoms. The second-order valence-corrected chi connectivity index (χ2v) is 7.04. The minimum Gasteiger partial charge on any atom is -0.374 e. The molecule has 2 heterocycles. The molecule has 0 aliphatic rings. The fourth-order valence-corrected chi connectivity index (χ4v) is 3.18. The first kappa shape index (κ1) is 20.0. The summed E-state index contributed by atoms with van der Waals surface area (Å²) in [6.45, 7) is 1.80. The van der Waals surface area contributed by atoms with E-state index in [0.717, 1.165) is 5.16 Å². The molecular formula is C18H20FN5O3S. The Bertz CT molecular complexity index is 958. The van der Waals surface area contributed by atoms with Gasteiger partial charge in [-0.25, -0.2) is 9.37 Å². The summed E-state index contributed by atoms with van der Waals surface area (Å²) in [5, 5.41) is 7.29. The van der Waals surface area contributed by atoms with Crippen LogP contribution in [-0.2, 0) is 23.0 Å². The molecule has 0 radical (unpaired) electrons. The van der Waals surface area contributed by atoms with E-state index in [2.05, 4.69) is 20.4 Å². The second-order valence-electron chi connectivity index (χ2n) is 6.04. The van der Waals surface area contributed by atoms with Crippen LogP contribution in [-0.4, -0.2) is 32.7 Å². The van der Waals surface area contributed by atoms with Crippen molar-refractivity contribution in [2.24, 2.45) is 7.05 Å². The highest BCUT2D eigenvalue weighted by Gasteiger charge is 2.15. The van der Waals surface area contributed by atoms with E-state index in [9.17, 15) is 9.18 Å². The van der Waals surface area contributed by atoms with E-state index in [1.54, 1.807) is 26.3 Å². The topological polar surface area (TPSA) is 95.1 Å². The Hall–Kier alpha value is -2.72. The summed E-state index contributed by atoms with van der Waals surface area (Å²) in [4.78, 5) is 21.5. The van der Waals surface area contributed by atoms with Crippen molar-refractivity contribution in [1.82, 2.24) is 19.7 Å². The van der Waals surface area contributed by atoms with E-state index < -0.39 is 5.82 Å². The number of aryl methyl sites for hydroxylation is 2. The number of imidazole rings is 1. The average Bonchev–Trinajstić information content (AvgIpc) is 3.31. The number of carbonyl (C=O) groups is 1. The first-order chi connectivity index (χ1) is 13.5. The molecule has 1 N–H and O–H groups in total. The highest BCUT2D eigenvalue weighted by molar-refractivity contribution is 7.99. The summed E-state index contributed by atoms with van der Waals surface area (Å²) >= 11 is 1.34. The van der Waals surface area contributed by atoms with E-state index in [0.29, 0.717) is 22.3 Å². The Morgan fingerprint density at radius 2 is 2.29 bits per heavy atom. The molecule has 0 aliphatic carbocycles. The molecule has 10 heteroatoms. The number of nitrogens with one attached hydrogen (secondary N) is 1.